The summed E-state index contributed by atoms with van der Waals surface area (Å²) >= 11 is 0. The number of aromatic nitrogens is 2. The SMILES string of the molecule is N#Cc1ccc(-c2ccc(-c3nc(-c4ccc(-c5ccc(C#N)cc5)cc4)c4cc(-c5ccccc5)cc(-c5ccccc5)c4n3)cc2)cc1. The van der Waals surface area contributed by atoms with E-state index in [0.29, 0.717) is 17.0 Å². The fourth-order valence-corrected chi connectivity index (χ4v) is 6.32. The first kappa shape index (κ1) is 30.2. The van der Waals surface area contributed by atoms with Crippen LogP contribution < -0.4 is 0 Å². The van der Waals surface area contributed by atoms with Crippen LogP contribution >= 0.6 is 0 Å². The molecule has 0 unspecified atom stereocenters. The quantitative estimate of drug-likeness (QED) is 0.182. The van der Waals surface area contributed by atoms with Gasteiger partial charge in [-0.1, -0.05) is 133 Å². The molecule has 0 spiro atoms. The van der Waals surface area contributed by atoms with Crippen molar-refractivity contribution in [1.82, 2.24) is 9.97 Å². The van der Waals surface area contributed by atoms with Gasteiger partial charge in [0.25, 0.3) is 0 Å². The molecule has 0 aliphatic rings. The van der Waals surface area contributed by atoms with E-state index in [2.05, 4.69) is 121 Å². The molecule has 50 heavy (non-hydrogen) atoms. The van der Waals surface area contributed by atoms with E-state index >= 15 is 0 Å². The van der Waals surface area contributed by atoms with E-state index in [9.17, 15) is 10.5 Å². The third-order valence-electron chi connectivity index (χ3n) is 8.99. The molecule has 1 aromatic heterocycles. The Labute approximate surface area is 290 Å². The van der Waals surface area contributed by atoms with Crippen LogP contribution in [0.3, 0.4) is 0 Å². The van der Waals surface area contributed by atoms with Gasteiger partial charge in [0.2, 0.25) is 0 Å². The van der Waals surface area contributed by atoms with Gasteiger partial charge in [-0.15, -0.1) is 0 Å². The first-order valence-corrected chi connectivity index (χ1v) is 16.4. The molecule has 0 amide bonds. The Morgan fingerprint density at radius 3 is 1.28 bits per heavy atom. The number of hydrogen-bond acceptors (Lipinski definition) is 4. The van der Waals surface area contributed by atoms with Crippen molar-refractivity contribution in [2.75, 3.05) is 0 Å². The van der Waals surface area contributed by atoms with Crippen LogP contribution in [-0.4, -0.2) is 9.97 Å². The van der Waals surface area contributed by atoms with Gasteiger partial charge in [0.15, 0.2) is 5.82 Å². The van der Waals surface area contributed by atoms with Gasteiger partial charge in [-0.2, -0.15) is 10.5 Å². The monoisotopic (exact) mass is 636 g/mol. The van der Waals surface area contributed by atoms with Crippen LogP contribution in [0.1, 0.15) is 11.1 Å². The number of hydrogen-bond donors (Lipinski definition) is 0. The van der Waals surface area contributed by atoms with Crippen LogP contribution in [0.15, 0.2) is 170 Å². The molecule has 8 rings (SSSR count). The molecule has 0 atom stereocenters. The zero-order chi connectivity index (χ0) is 33.9. The molecule has 8 aromatic rings. The van der Waals surface area contributed by atoms with Crippen molar-refractivity contribution in [2.24, 2.45) is 0 Å². The van der Waals surface area contributed by atoms with Crippen molar-refractivity contribution < 1.29 is 0 Å². The molecule has 4 heteroatoms. The van der Waals surface area contributed by atoms with Crippen LogP contribution in [0.25, 0.3) is 78.1 Å². The highest BCUT2D eigenvalue weighted by atomic mass is 14.9. The second kappa shape index (κ2) is 13.2. The maximum absolute atomic E-state index is 9.25. The lowest BCUT2D eigenvalue weighted by atomic mass is 9.93. The average Bonchev–Trinajstić information content (AvgIpc) is 3.21. The van der Waals surface area contributed by atoms with Crippen molar-refractivity contribution in [3.63, 3.8) is 0 Å². The minimum Gasteiger partial charge on any atom is -0.227 e. The Morgan fingerprint density at radius 2 is 0.780 bits per heavy atom. The van der Waals surface area contributed by atoms with Gasteiger partial charge in [-0.25, -0.2) is 9.97 Å². The molecule has 4 nitrogen and oxygen atoms in total. The van der Waals surface area contributed by atoms with Crippen LogP contribution in [0, 0.1) is 22.7 Å². The highest BCUT2D eigenvalue weighted by Crippen LogP contribution is 2.39. The third-order valence-corrected chi connectivity index (χ3v) is 8.99. The second-order valence-electron chi connectivity index (χ2n) is 12.1. The molecule has 0 N–H and O–H groups in total. The number of fused-ring (bicyclic) bond motifs is 1. The standard InChI is InChI=1S/C46H28N4/c47-29-31-11-15-34(16-12-31)36-19-23-39(24-20-36)44-43-28-41(33-7-3-1-4-8-33)27-42(38-9-5-2-6-10-38)45(43)50-46(49-44)40-25-21-37(22-26-40)35-17-13-32(30-48)14-18-35/h1-28H. The molecule has 0 bridgehead atoms. The maximum Gasteiger partial charge on any atom is 0.160 e. The van der Waals surface area contributed by atoms with E-state index in [1.807, 2.05) is 60.7 Å². The average molecular weight is 637 g/mol. The molecule has 0 saturated heterocycles. The summed E-state index contributed by atoms with van der Waals surface area (Å²) in [5, 5.41) is 19.4. The van der Waals surface area contributed by atoms with E-state index in [1.165, 1.54) is 0 Å². The minimum atomic E-state index is 0.636. The summed E-state index contributed by atoms with van der Waals surface area (Å²) < 4.78 is 0. The molecule has 232 valence electrons. The summed E-state index contributed by atoms with van der Waals surface area (Å²) in [7, 11) is 0. The van der Waals surface area contributed by atoms with E-state index < -0.39 is 0 Å². The molecular formula is C46H28N4. The smallest absolute Gasteiger partial charge is 0.160 e. The molecule has 0 saturated carbocycles. The molecule has 1 heterocycles. The summed E-state index contributed by atoms with van der Waals surface area (Å²) in [5.41, 5.74) is 13.4. The minimum absolute atomic E-state index is 0.636. The van der Waals surface area contributed by atoms with E-state index in [1.54, 1.807) is 0 Å². The predicted molar refractivity (Wildman–Crippen MR) is 202 cm³/mol. The molecule has 0 radical (unpaired) electrons. The topological polar surface area (TPSA) is 73.4 Å². The van der Waals surface area contributed by atoms with Gasteiger partial charge in [-0.05, 0) is 75.3 Å². The first-order valence-electron chi connectivity index (χ1n) is 16.4. The summed E-state index contributed by atoms with van der Waals surface area (Å²) in [6.07, 6.45) is 0. The van der Waals surface area contributed by atoms with Gasteiger partial charge >= 0.3 is 0 Å². The largest absolute Gasteiger partial charge is 0.227 e. The number of benzene rings is 7. The Morgan fingerprint density at radius 1 is 0.360 bits per heavy atom. The van der Waals surface area contributed by atoms with Gasteiger partial charge < -0.3 is 0 Å². The van der Waals surface area contributed by atoms with E-state index in [0.717, 1.165) is 72.2 Å². The summed E-state index contributed by atoms with van der Waals surface area (Å²) in [6, 6.07) is 61.6. The molecule has 7 aromatic carbocycles. The van der Waals surface area contributed by atoms with E-state index in [4.69, 9.17) is 9.97 Å². The van der Waals surface area contributed by atoms with Gasteiger partial charge in [0.1, 0.15) is 0 Å². The lowest BCUT2D eigenvalue weighted by molar-refractivity contribution is 1.23. The fraction of sp³-hybridized carbons (Fsp3) is 0. The fourth-order valence-electron chi connectivity index (χ4n) is 6.32. The number of nitrogens with zero attached hydrogens (tertiary/aromatic N) is 4. The number of rotatable bonds is 6. The normalized spacial score (nSPS) is 10.8. The third kappa shape index (κ3) is 5.90. The van der Waals surface area contributed by atoms with Crippen molar-refractivity contribution in [2.45, 2.75) is 0 Å². The van der Waals surface area contributed by atoms with Crippen molar-refractivity contribution >= 4 is 10.9 Å². The van der Waals surface area contributed by atoms with Crippen LogP contribution in [-0.2, 0) is 0 Å². The van der Waals surface area contributed by atoms with Crippen molar-refractivity contribution in [1.29, 1.82) is 10.5 Å². The molecule has 0 fully saturated rings. The summed E-state index contributed by atoms with van der Waals surface area (Å²) in [4.78, 5) is 10.6. The lowest BCUT2D eigenvalue weighted by Gasteiger charge is -2.16. The van der Waals surface area contributed by atoms with Crippen LogP contribution in [0.5, 0.6) is 0 Å². The lowest BCUT2D eigenvalue weighted by Crippen LogP contribution is -1.98. The molecular weight excluding hydrogens is 609 g/mol. The summed E-state index contributed by atoms with van der Waals surface area (Å²) in [5.74, 6) is 0.639. The van der Waals surface area contributed by atoms with E-state index in [-0.39, 0.29) is 0 Å². The molecule has 0 aliphatic heterocycles. The van der Waals surface area contributed by atoms with Crippen molar-refractivity contribution in [3.8, 4) is 79.3 Å². The predicted octanol–water partition coefficient (Wildman–Crippen LogP) is 11.4. The Bertz CT molecular complexity index is 2540. The first-order chi connectivity index (χ1) is 24.7. The van der Waals surface area contributed by atoms with Crippen LogP contribution in [0.2, 0.25) is 0 Å². The van der Waals surface area contributed by atoms with Gasteiger partial charge in [0.05, 0.1) is 34.5 Å². The Hall–Kier alpha value is -7.14. The van der Waals surface area contributed by atoms with Gasteiger partial charge in [0, 0.05) is 22.1 Å². The van der Waals surface area contributed by atoms with Crippen LogP contribution in [0.4, 0.5) is 0 Å². The summed E-state index contributed by atoms with van der Waals surface area (Å²) in [6.45, 7) is 0. The second-order valence-corrected chi connectivity index (χ2v) is 12.1. The Kier molecular flexibility index (Phi) is 7.95. The highest BCUT2D eigenvalue weighted by molar-refractivity contribution is 6.04. The van der Waals surface area contributed by atoms with Crippen molar-refractivity contribution in [3.05, 3.63) is 181 Å². The molecule has 0 aliphatic carbocycles. The Balaban J connectivity index is 1.32. The van der Waals surface area contributed by atoms with Gasteiger partial charge in [-0.3, -0.25) is 0 Å². The zero-order valence-corrected chi connectivity index (χ0v) is 27.0. The zero-order valence-electron chi connectivity index (χ0n) is 27.0. The maximum atomic E-state index is 9.25. The number of nitriles is 2. The highest BCUT2D eigenvalue weighted by Gasteiger charge is 2.18.